The summed E-state index contributed by atoms with van der Waals surface area (Å²) in [5, 5.41) is 6.37. The molecular formula is C26H32F2N4O2. The first-order valence-corrected chi connectivity index (χ1v) is 12.0. The van der Waals surface area contributed by atoms with Crippen LogP contribution in [0.4, 0.5) is 8.78 Å². The summed E-state index contributed by atoms with van der Waals surface area (Å²) in [7, 11) is 1.45. The second-order valence-corrected chi connectivity index (χ2v) is 8.87. The monoisotopic (exact) mass is 470 g/mol. The number of benzene rings is 1. The first-order valence-electron chi connectivity index (χ1n) is 12.0. The van der Waals surface area contributed by atoms with Crippen molar-refractivity contribution >= 4 is 11.6 Å². The van der Waals surface area contributed by atoms with Crippen LogP contribution in [0.1, 0.15) is 60.8 Å². The normalized spacial score (nSPS) is 17.0. The highest BCUT2D eigenvalue weighted by Crippen LogP contribution is 2.34. The fraction of sp³-hybridized carbons (Fsp3) is 0.462. The molecule has 182 valence electrons. The summed E-state index contributed by atoms with van der Waals surface area (Å²) in [5.41, 5.74) is 2.70. The van der Waals surface area contributed by atoms with Crippen molar-refractivity contribution in [1.29, 1.82) is 0 Å². The number of halogens is 2. The van der Waals surface area contributed by atoms with Crippen molar-refractivity contribution in [2.24, 2.45) is 0 Å². The summed E-state index contributed by atoms with van der Waals surface area (Å²) in [4.78, 5) is 17.8. The number of nitrogens with zero attached hydrogens (tertiary/aromatic N) is 2. The number of methoxy groups -OCH3 is 1. The Morgan fingerprint density at radius 1 is 1.26 bits per heavy atom. The number of aryl methyl sites for hydroxylation is 1. The van der Waals surface area contributed by atoms with Crippen LogP contribution in [0.3, 0.4) is 0 Å². The number of imidazole rings is 1. The van der Waals surface area contributed by atoms with E-state index in [9.17, 15) is 13.6 Å². The number of piperidine rings is 1. The summed E-state index contributed by atoms with van der Waals surface area (Å²) in [6, 6.07) is 5.10. The Bertz CT molecular complexity index is 1130. The van der Waals surface area contributed by atoms with E-state index >= 15 is 0 Å². The Balaban J connectivity index is 1.78. The molecule has 2 heterocycles. The predicted molar refractivity (Wildman–Crippen MR) is 128 cm³/mol. The zero-order chi connectivity index (χ0) is 24.2. The summed E-state index contributed by atoms with van der Waals surface area (Å²) in [5.74, 6) is -0.306. The highest BCUT2D eigenvalue weighted by molar-refractivity contribution is 5.95. The first-order chi connectivity index (χ1) is 16.4. The van der Waals surface area contributed by atoms with Gasteiger partial charge in [0, 0.05) is 23.7 Å². The third kappa shape index (κ3) is 4.92. The minimum Gasteiger partial charge on any atom is -0.498 e. The number of ether oxygens (including phenoxy) is 1. The van der Waals surface area contributed by atoms with Crippen molar-refractivity contribution in [3.8, 4) is 11.4 Å². The zero-order valence-electron chi connectivity index (χ0n) is 20.0. The maximum Gasteiger partial charge on any atom is 0.272 e. The molecule has 1 aliphatic heterocycles. The number of hydrogen-bond acceptors (Lipinski definition) is 4. The van der Waals surface area contributed by atoms with Gasteiger partial charge in [-0.25, -0.2) is 13.8 Å². The Morgan fingerprint density at radius 2 is 2.03 bits per heavy atom. The van der Waals surface area contributed by atoms with Crippen LogP contribution in [0.25, 0.3) is 17.1 Å². The van der Waals surface area contributed by atoms with Gasteiger partial charge in [-0.2, -0.15) is 0 Å². The van der Waals surface area contributed by atoms with Gasteiger partial charge in [-0.3, -0.25) is 9.36 Å². The standard InChI is InChI=1S/C26H32F2N4O2/c1-4-5-17-6-7-18(14-21(17)27)25-31-24(26(33)30-19-10-12-29-13-11-19)16(2)32(25)20-8-9-23(34-3)22(28)15-20/h6-7,14-15,19,29H,4-5,8-13H2,1-3H3,(H,30,33). The third-order valence-corrected chi connectivity index (χ3v) is 6.53. The number of amides is 1. The molecule has 0 atom stereocenters. The lowest BCUT2D eigenvalue weighted by molar-refractivity contribution is 0.0924. The third-order valence-electron chi connectivity index (χ3n) is 6.53. The van der Waals surface area contributed by atoms with Crippen molar-refractivity contribution in [2.45, 2.75) is 58.4 Å². The van der Waals surface area contributed by atoms with Gasteiger partial charge >= 0.3 is 0 Å². The predicted octanol–water partition coefficient (Wildman–Crippen LogP) is 4.89. The molecule has 1 aromatic carbocycles. The van der Waals surface area contributed by atoms with E-state index < -0.39 is 5.83 Å². The van der Waals surface area contributed by atoms with Gasteiger partial charge in [0.05, 0.1) is 12.8 Å². The van der Waals surface area contributed by atoms with Crippen molar-refractivity contribution in [3.05, 3.63) is 58.6 Å². The number of carbonyl (C=O) groups excluding carboxylic acids is 1. The number of allylic oxidation sites excluding steroid dienone is 4. The van der Waals surface area contributed by atoms with Gasteiger partial charge in [0.15, 0.2) is 5.83 Å². The molecule has 1 amide bonds. The summed E-state index contributed by atoms with van der Waals surface area (Å²) in [6.45, 7) is 5.51. The molecule has 1 fully saturated rings. The molecular weight excluding hydrogens is 438 g/mol. The molecule has 34 heavy (non-hydrogen) atoms. The lowest BCUT2D eigenvalue weighted by atomic mass is 10.1. The van der Waals surface area contributed by atoms with E-state index in [1.807, 2.05) is 13.0 Å². The van der Waals surface area contributed by atoms with E-state index in [1.54, 1.807) is 17.6 Å². The highest BCUT2D eigenvalue weighted by atomic mass is 19.1. The van der Waals surface area contributed by atoms with E-state index in [0.717, 1.165) is 32.4 Å². The van der Waals surface area contributed by atoms with Crippen LogP contribution < -0.4 is 10.6 Å². The van der Waals surface area contributed by atoms with Gasteiger partial charge in [-0.05, 0) is 63.4 Å². The van der Waals surface area contributed by atoms with E-state index in [0.29, 0.717) is 53.4 Å². The van der Waals surface area contributed by atoms with Gasteiger partial charge in [-0.15, -0.1) is 0 Å². The molecule has 1 aromatic heterocycles. The van der Waals surface area contributed by atoms with Crippen LogP contribution in [-0.4, -0.2) is 41.7 Å². The molecule has 1 saturated heterocycles. The molecule has 0 unspecified atom stereocenters. The second kappa shape index (κ2) is 10.5. The van der Waals surface area contributed by atoms with Crippen LogP contribution in [0.2, 0.25) is 0 Å². The Labute approximate surface area is 199 Å². The van der Waals surface area contributed by atoms with Crippen LogP contribution >= 0.6 is 0 Å². The van der Waals surface area contributed by atoms with Crippen LogP contribution in [-0.2, 0) is 11.2 Å². The summed E-state index contributed by atoms with van der Waals surface area (Å²) >= 11 is 0. The quantitative estimate of drug-likeness (QED) is 0.604. The van der Waals surface area contributed by atoms with Crippen molar-refractivity contribution in [2.75, 3.05) is 20.2 Å². The molecule has 0 radical (unpaired) electrons. The number of hydrogen-bond donors (Lipinski definition) is 2. The topological polar surface area (TPSA) is 68.2 Å². The highest BCUT2D eigenvalue weighted by Gasteiger charge is 2.27. The maximum atomic E-state index is 14.8. The summed E-state index contributed by atoms with van der Waals surface area (Å²) in [6.07, 6.45) is 5.50. The minimum absolute atomic E-state index is 0.0751. The second-order valence-electron chi connectivity index (χ2n) is 8.87. The fourth-order valence-electron chi connectivity index (χ4n) is 4.68. The zero-order valence-corrected chi connectivity index (χ0v) is 20.0. The van der Waals surface area contributed by atoms with Gasteiger partial charge in [0.25, 0.3) is 5.91 Å². The molecule has 4 rings (SSSR count). The lowest BCUT2D eigenvalue weighted by Gasteiger charge is -2.23. The number of nitrogens with one attached hydrogen (secondary N) is 2. The molecule has 8 heteroatoms. The van der Waals surface area contributed by atoms with Crippen molar-refractivity contribution in [1.82, 2.24) is 20.2 Å². The molecule has 0 spiro atoms. The SMILES string of the molecule is CCCc1ccc(-c2nc(C(=O)NC3CCNCC3)c(C)n2C2=CC(F)=C(OC)CC2)cc1F. The number of rotatable bonds is 7. The maximum absolute atomic E-state index is 14.8. The van der Waals surface area contributed by atoms with Crippen molar-refractivity contribution < 1.29 is 18.3 Å². The van der Waals surface area contributed by atoms with E-state index in [2.05, 4.69) is 15.6 Å². The minimum atomic E-state index is -0.451. The van der Waals surface area contributed by atoms with Gasteiger partial charge < -0.3 is 15.4 Å². The lowest BCUT2D eigenvalue weighted by Crippen LogP contribution is -2.43. The molecule has 2 aliphatic rings. The van der Waals surface area contributed by atoms with Gasteiger partial charge in [-0.1, -0.05) is 25.5 Å². The summed E-state index contributed by atoms with van der Waals surface area (Å²) < 4.78 is 36.3. The Kier molecular flexibility index (Phi) is 7.46. The van der Waals surface area contributed by atoms with Gasteiger partial charge in [0.2, 0.25) is 0 Å². The Morgan fingerprint density at radius 3 is 2.68 bits per heavy atom. The smallest absolute Gasteiger partial charge is 0.272 e. The molecule has 1 aliphatic carbocycles. The average Bonchev–Trinajstić information content (AvgIpc) is 3.18. The molecule has 0 bridgehead atoms. The fourth-order valence-corrected chi connectivity index (χ4v) is 4.68. The number of carbonyl (C=O) groups is 1. The molecule has 6 nitrogen and oxygen atoms in total. The van der Waals surface area contributed by atoms with Crippen LogP contribution in [0.15, 0.2) is 35.9 Å². The molecule has 2 N–H and O–H groups in total. The van der Waals surface area contributed by atoms with E-state index in [4.69, 9.17) is 4.74 Å². The average molecular weight is 471 g/mol. The van der Waals surface area contributed by atoms with E-state index in [1.165, 1.54) is 19.3 Å². The van der Waals surface area contributed by atoms with Gasteiger partial charge in [0.1, 0.15) is 23.1 Å². The molecule has 2 aromatic rings. The largest absolute Gasteiger partial charge is 0.498 e. The first kappa shape index (κ1) is 24.1. The molecule has 0 saturated carbocycles. The van der Waals surface area contributed by atoms with Crippen molar-refractivity contribution in [3.63, 3.8) is 0 Å². The number of aromatic nitrogens is 2. The van der Waals surface area contributed by atoms with E-state index in [-0.39, 0.29) is 23.5 Å². The van der Waals surface area contributed by atoms with Crippen LogP contribution in [0.5, 0.6) is 0 Å². The van der Waals surface area contributed by atoms with Crippen LogP contribution in [0, 0.1) is 12.7 Å². The Hall–Kier alpha value is -3.00.